The van der Waals surface area contributed by atoms with E-state index in [4.69, 9.17) is 9.47 Å². The van der Waals surface area contributed by atoms with Crippen LogP contribution >= 0.6 is 0 Å². The van der Waals surface area contributed by atoms with Gasteiger partial charge in [0.1, 0.15) is 6.73 Å². The van der Waals surface area contributed by atoms with Crippen molar-refractivity contribution in [2.75, 3.05) is 13.7 Å². The van der Waals surface area contributed by atoms with Gasteiger partial charge in [-0.2, -0.15) is 0 Å². The minimum absolute atomic E-state index is 0.110. The van der Waals surface area contributed by atoms with Crippen molar-refractivity contribution in [3.63, 3.8) is 0 Å². The van der Waals surface area contributed by atoms with Crippen molar-refractivity contribution in [2.24, 2.45) is 5.41 Å². The number of methoxy groups -OCH3 is 1. The minimum atomic E-state index is -0.110. The van der Waals surface area contributed by atoms with Gasteiger partial charge in [0.05, 0.1) is 17.5 Å². The predicted molar refractivity (Wildman–Crippen MR) is 74.8 cm³/mol. The molecule has 5 heteroatoms. The molecule has 1 aromatic heterocycles. The van der Waals surface area contributed by atoms with Crippen molar-refractivity contribution < 1.29 is 9.47 Å². The normalized spacial score (nSPS) is 12.9. The zero-order valence-electron chi connectivity index (χ0n) is 13.1. The highest BCUT2D eigenvalue weighted by atomic mass is 16.5. The van der Waals surface area contributed by atoms with E-state index in [-0.39, 0.29) is 11.0 Å². The molecule has 0 spiro atoms. The zero-order valence-corrected chi connectivity index (χ0v) is 13.1. The summed E-state index contributed by atoms with van der Waals surface area (Å²) in [5, 5.41) is 8.22. The van der Waals surface area contributed by atoms with Crippen LogP contribution in [-0.4, -0.2) is 34.3 Å². The summed E-state index contributed by atoms with van der Waals surface area (Å²) in [4.78, 5) is 0. The molecule has 1 heterocycles. The highest BCUT2D eigenvalue weighted by Gasteiger charge is 2.30. The van der Waals surface area contributed by atoms with E-state index in [0.29, 0.717) is 6.73 Å². The summed E-state index contributed by atoms with van der Waals surface area (Å²) < 4.78 is 12.5. The lowest BCUT2D eigenvalue weighted by atomic mass is 9.78. The second kappa shape index (κ2) is 6.48. The Morgan fingerprint density at radius 3 is 2.53 bits per heavy atom. The fourth-order valence-corrected chi connectivity index (χ4v) is 2.76. The Balaban J connectivity index is 2.62. The smallest absolute Gasteiger partial charge is 0.140 e. The molecule has 0 aromatic carbocycles. The van der Waals surface area contributed by atoms with Crippen LogP contribution < -0.4 is 0 Å². The molecule has 0 saturated heterocycles. The van der Waals surface area contributed by atoms with E-state index in [1.807, 2.05) is 13.1 Å². The SMILES string of the molecule is CCOC(C)(C)CC(C)(C)Cc1cn(COC)nn1. The Morgan fingerprint density at radius 1 is 1.26 bits per heavy atom. The number of hydrogen-bond donors (Lipinski definition) is 0. The van der Waals surface area contributed by atoms with Gasteiger partial charge in [-0.05, 0) is 39.0 Å². The first kappa shape index (κ1) is 16.1. The molecule has 0 amide bonds. The van der Waals surface area contributed by atoms with Crippen LogP contribution in [0.25, 0.3) is 0 Å². The summed E-state index contributed by atoms with van der Waals surface area (Å²) in [7, 11) is 1.65. The van der Waals surface area contributed by atoms with Gasteiger partial charge in [-0.3, -0.25) is 0 Å². The Morgan fingerprint density at radius 2 is 1.95 bits per heavy atom. The number of nitrogens with zero attached hydrogens (tertiary/aromatic N) is 3. The molecule has 0 bridgehead atoms. The zero-order chi connectivity index (χ0) is 14.5. The molecule has 1 rings (SSSR count). The third-order valence-corrected chi connectivity index (χ3v) is 2.95. The minimum Gasteiger partial charge on any atom is -0.376 e. The molecule has 0 unspecified atom stereocenters. The Bertz CT molecular complexity index is 386. The Kier molecular flexibility index (Phi) is 5.50. The maximum Gasteiger partial charge on any atom is 0.140 e. The van der Waals surface area contributed by atoms with Crippen molar-refractivity contribution in [1.82, 2.24) is 15.0 Å². The van der Waals surface area contributed by atoms with E-state index in [2.05, 4.69) is 38.0 Å². The monoisotopic (exact) mass is 269 g/mol. The summed E-state index contributed by atoms with van der Waals surface area (Å²) in [6, 6.07) is 0. The van der Waals surface area contributed by atoms with E-state index >= 15 is 0 Å². The van der Waals surface area contributed by atoms with Gasteiger partial charge < -0.3 is 9.47 Å². The summed E-state index contributed by atoms with van der Waals surface area (Å²) in [6.45, 7) is 12.0. The predicted octanol–water partition coefficient (Wildman–Crippen LogP) is 2.66. The average Bonchev–Trinajstić information content (AvgIpc) is 2.62. The third kappa shape index (κ3) is 5.70. The van der Waals surface area contributed by atoms with Crippen molar-refractivity contribution in [3.8, 4) is 0 Å². The maximum atomic E-state index is 5.79. The van der Waals surface area contributed by atoms with Gasteiger partial charge in [-0.15, -0.1) is 5.10 Å². The largest absolute Gasteiger partial charge is 0.376 e. The molecule has 0 saturated carbocycles. The average molecular weight is 269 g/mol. The fraction of sp³-hybridized carbons (Fsp3) is 0.857. The van der Waals surface area contributed by atoms with Crippen molar-refractivity contribution in [1.29, 1.82) is 0 Å². The van der Waals surface area contributed by atoms with Crippen LogP contribution in [0.5, 0.6) is 0 Å². The maximum absolute atomic E-state index is 5.79. The summed E-state index contributed by atoms with van der Waals surface area (Å²) in [6.07, 6.45) is 3.80. The first-order valence-corrected chi connectivity index (χ1v) is 6.80. The molecule has 1 aromatic rings. The molecule has 0 N–H and O–H groups in total. The van der Waals surface area contributed by atoms with Gasteiger partial charge in [0.25, 0.3) is 0 Å². The van der Waals surface area contributed by atoms with Crippen LogP contribution in [0.1, 0.15) is 46.7 Å². The van der Waals surface area contributed by atoms with E-state index in [9.17, 15) is 0 Å². The summed E-state index contributed by atoms with van der Waals surface area (Å²) in [5.74, 6) is 0. The van der Waals surface area contributed by atoms with Gasteiger partial charge in [-0.25, -0.2) is 4.68 Å². The molecule has 0 atom stereocenters. The van der Waals surface area contributed by atoms with E-state index in [1.54, 1.807) is 11.8 Å². The van der Waals surface area contributed by atoms with Gasteiger partial charge in [0.2, 0.25) is 0 Å². The van der Waals surface area contributed by atoms with Crippen molar-refractivity contribution >= 4 is 0 Å². The molecular formula is C14H27N3O2. The number of aromatic nitrogens is 3. The van der Waals surface area contributed by atoms with E-state index in [0.717, 1.165) is 25.1 Å². The molecular weight excluding hydrogens is 242 g/mol. The Labute approximate surface area is 116 Å². The second-order valence-electron chi connectivity index (χ2n) is 6.38. The van der Waals surface area contributed by atoms with Crippen LogP contribution in [0, 0.1) is 5.41 Å². The molecule has 0 fully saturated rings. The number of ether oxygens (including phenoxy) is 2. The third-order valence-electron chi connectivity index (χ3n) is 2.95. The van der Waals surface area contributed by atoms with Crippen LogP contribution in [0.15, 0.2) is 6.20 Å². The fourth-order valence-electron chi connectivity index (χ4n) is 2.76. The molecule has 5 nitrogen and oxygen atoms in total. The Hall–Kier alpha value is -0.940. The lowest BCUT2D eigenvalue weighted by Gasteiger charge is -2.34. The first-order chi connectivity index (χ1) is 8.78. The van der Waals surface area contributed by atoms with Crippen LogP contribution in [0.2, 0.25) is 0 Å². The summed E-state index contributed by atoms with van der Waals surface area (Å²) >= 11 is 0. The lowest BCUT2D eigenvalue weighted by Crippen LogP contribution is -2.32. The van der Waals surface area contributed by atoms with Crippen LogP contribution in [0.3, 0.4) is 0 Å². The molecule has 110 valence electrons. The number of rotatable bonds is 8. The second-order valence-corrected chi connectivity index (χ2v) is 6.38. The van der Waals surface area contributed by atoms with Gasteiger partial charge in [0, 0.05) is 13.7 Å². The van der Waals surface area contributed by atoms with Gasteiger partial charge in [-0.1, -0.05) is 19.1 Å². The molecule has 19 heavy (non-hydrogen) atoms. The quantitative estimate of drug-likeness (QED) is 0.728. The first-order valence-electron chi connectivity index (χ1n) is 6.80. The van der Waals surface area contributed by atoms with Crippen molar-refractivity contribution in [3.05, 3.63) is 11.9 Å². The molecule has 0 radical (unpaired) electrons. The summed E-state index contributed by atoms with van der Waals surface area (Å²) in [5.41, 5.74) is 1.00. The van der Waals surface area contributed by atoms with E-state index < -0.39 is 0 Å². The lowest BCUT2D eigenvalue weighted by molar-refractivity contribution is -0.0397. The number of hydrogen-bond acceptors (Lipinski definition) is 4. The molecule has 0 aliphatic heterocycles. The highest BCUT2D eigenvalue weighted by molar-refractivity contribution is 4.98. The van der Waals surface area contributed by atoms with Crippen molar-refractivity contribution in [2.45, 2.75) is 59.8 Å². The molecule has 0 aliphatic rings. The molecule has 0 aliphatic carbocycles. The van der Waals surface area contributed by atoms with Gasteiger partial charge >= 0.3 is 0 Å². The standard InChI is InChI=1S/C14H27N3O2/c1-7-19-14(4,5)10-13(2,3)8-12-9-17(11-18-6)16-15-12/h9H,7-8,10-11H2,1-6H3. The van der Waals surface area contributed by atoms with E-state index in [1.165, 1.54) is 0 Å². The van der Waals surface area contributed by atoms with Gasteiger partial charge in [0.15, 0.2) is 0 Å². The van der Waals surface area contributed by atoms with Crippen LogP contribution in [0.4, 0.5) is 0 Å². The van der Waals surface area contributed by atoms with Crippen LogP contribution in [-0.2, 0) is 22.6 Å². The topological polar surface area (TPSA) is 49.2 Å². The highest BCUT2D eigenvalue weighted by Crippen LogP contribution is 2.32.